The Kier molecular flexibility index (Phi) is 8.02. The first kappa shape index (κ1) is 14.2. The van der Waals surface area contributed by atoms with Crippen LogP contribution in [0.3, 0.4) is 0 Å². The van der Waals surface area contributed by atoms with E-state index in [1.807, 2.05) is 27.7 Å². The quantitative estimate of drug-likeness (QED) is 0.545. The van der Waals surface area contributed by atoms with E-state index < -0.39 is 0 Å². The predicted molar refractivity (Wildman–Crippen MR) is 74.2 cm³/mol. The lowest BCUT2D eigenvalue weighted by molar-refractivity contribution is 0.954. The molecule has 2 rings (SSSR count). The van der Waals surface area contributed by atoms with Gasteiger partial charge in [-0.05, 0) is 29.0 Å². The molecular weight excluding hydrogens is 200 g/mol. The van der Waals surface area contributed by atoms with Crippen LogP contribution in [-0.4, -0.2) is 0 Å². The number of hydrogen-bond donors (Lipinski definition) is 0. The Morgan fingerprint density at radius 3 is 2.27 bits per heavy atom. The lowest BCUT2D eigenvalue weighted by Gasteiger charge is -1.91. The van der Waals surface area contributed by atoms with Gasteiger partial charge in [0.25, 0.3) is 0 Å². The minimum Gasteiger partial charge on any atom is -0.144 e. The van der Waals surface area contributed by atoms with E-state index in [1.54, 1.807) is 11.3 Å². The van der Waals surface area contributed by atoms with E-state index >= 15 is 0 Å². The maximum atomic E-state index is 2.23. The van der Waals surface area contributed by atoms with Gasteiger partial charge in [0.05, 0.1) is 0 Å². The highest BCUT2D eigenvalue weighted by Crippen LogP contribution is 2.24. The SMILES string of the molecule is CC.CC.CC1C=Cc2ccsc2C=C1. The second-order valence-electron chi connectivity index (χ2n) is 2.82. The Hall–Kier alpha value is -0.820. The zero-order valence-corrected chi connectivity index (χ0v) is 11.3. The highest BCUT2D eigenvalue weighted by atomic mass is 32.1. The van der Waals surface area contributed by atoms with Gasteiger partial charge in [0.2, 0.25) is 0 Å². The Bertz CT molecular complexity index is 276. The fraction of sp³-hybridized carbons (Fsp3) is 0.429. The van der Waals surface area contributed by atoms with Crippen LogP contribution in [0.1, 0.15) is 45.1 Å². The molecule has 0 radical (unpaired) electrons. The summed E-state index contributed by atoms with van der Waals surface area (Å²) in [5, 5.41) is 2.13. The van der Waals surface area contributed by atoms with E-state index in [4.69, 9.17) is 0 Å². The minimum atomic E-state index is 0.578. The first-order chi connectivity index (χ1) is 7.36. The van der Waals surface area contributed by atoms with Crippen molar-refractivity contribution in [2.75, 3.05) is 0 Å². The molecule has 84 valence electrons. The van der Waals surface area contributed by atoms with Gasteiger partial charge in [-0.25, -0.2) is 0 Å². The van der Waals surface area contributed by atoms with E-state index in [-0.39, 0.29) is 0 Å². The Morgan fingerprint density at radius 2 is 1.60 bits per heavy atom. The lowest BCUT2D eigenvalue weighted by Crippen LogP contribution is -1.77. The first-order valence-corrected chi connectivity index (χ1v) is 6.68. The number of allylic oxidation sites excluding steroid dienone is 2. The van der Waals surface area contributed by atoms with Crippen LogP contribution < -0.4 is 0 Å². The van der Waals surface area contributed by atoms with Crippen molar-refractivity contribution in [1.29, 1.82) is 0 Å². The number of fused-ring (bicyclic) bond motifs is 1. The van der Waals surface area contributed by atoms with Gasteiger partial charge >= 0.3 is 0 Å². The summed E-state index contributed by atoms with van der Waals surface area (Å²) in [4.78, 5) is 1.38. The molecule has 0 aliphatic heterocycles. The van der Waals surface area contributed by atoms with E-state index in [0.717, 1.165) is 0 Å². The molecule has 1 aliphatic carbocycles. The average molecular weight is 222 g/mol. The molecule has 1 aliphatic rings. The Balaban J connectivity index is 0.000000442. The van der Waals surface area contributed by atoms with Crippen LogP contribution in [0, 0.1) is 5.92 Å². The van der Waals surface area contributed by atoms with Gasteiger partial charge in [-0.3, -0.25) is 0 Å². The number of hydrogen-bond acceptors (Lipinski definition) is 1. The third-order valence-corrected chi connectivity index (χ3v) is 2.76. The second-order valence-corrected chi connectivity index (χ2v) is 3.77. The second kappa shape index (κ2) is 8.49. The molecular formula is C14H22S. The van der Waals surface area contributed by atoms with Crippen LogP contribution in [-0.2, 0) is 0 Å². The van der Waals surface area contributed by atoms with E-state index in [9.17, 15) is 0 Å². The topological polar surface area (TPSA) is 0 Å². The molecule has 1 atom stereocenters. The summed E-state index contributed by atoms with van der Waals surface area (Å²) < 4.78 is 0. The van der Waals surface area contributed by atoms with Crippen LogP contribution in [0.5, 0.6) is 0 Å². The van der Waals surface area contributed by atoms with Gasteiger partial charge < -0.3 is 0 Å². The number of thiophene rings is 1. The van der Waals surface area contributed by atoms with Crippen molar-refractivity contribution in [1.82, 2.24) is 0 Å². The van der Waals surface area contributed by atoms with Crippen LogP contribution in [0.15, 0.2) is 23.6 Å². The summed E-state index contributed by atoms with van der Waals surface area (Å²) in [7, 11) is 0. The van der Waals surface area contributed by atoms with E-state index in [1.165, 1.54) is 10.4 Å². The largest absolute Gasteiger partial charge is 0.144 e. The van der Waals surface area contributed by atoms with Gasteiger partial charge in [-0.1, -0.05) is 52.8 Å². The molecule has 15 heavy (non-hydrogen) atoms. The monoisotopic (exact) mass is 222 g/mol. The normalized spacial score (nSPS) is 16.5. The molecule has 0 aromatic carbocycles. The van der Waals surface area contributed by atoms with Gasteiger partial charge in [-0.15, -0.1) is 11.3 Å². The summed E-state index contributed by atoms with van der Waals surface area (Å²) in [6.45, 7) is 10.2. The smallest absolute Gasteiger partial charge is 0.0339 e. The van der Waals surface area contributed by atoms with Crippen molar-refractivity contribution in [3.05, 3.63) is 34.0 Å². The number of rotatable bonds is 0. The van der Waals surface area contributed by atoms with Crippen LogP contribution in [0.4, 0.5) is 0 Å². The van der Waals surface area contributed by atoms with Crippen molar-refractivity contribution in [2.45, 2.75) is 34.6 Å². The molecule has 0 saturated carbocycles. The summed E-state index contributed by atoms with van der Waals surface area (Å²) in [6.07, 6.45) is 8.88. The summed E-state index contributed by atoms with van der Waals surface area (Å²) in [6, 6.07) is 2.17. The molecule has 1 heteroatoms. The van der Waals surface area contributed by atoms with Crippen molar-refractivity contribution < 1.29 is 0 Å². The maximum Gasteiger partial charge on any atom is 0.0339 e. The van der Waals surface area contributed by atoms with Crippen molar-refractivity contribution >= 4 is 23.5 Å². The minimum absolute atomic E-state index is 0.578. The van der Waals surface area contributed by atoms with Crippen LogP contribution in [0.2, 0.25) is 0 Å². The van der Waals surface area contributed by atoms with Gasteiger partial charge in [0.1, 0.15) is 0 Å². The molecule has 0 saturated heterocycles. The van der Waals surface area contributed by atoms with E-state index in [2.05, 4.69) is 42.7 Å². The molecule has 0 nitrogen and oxygen atoms in total. The molecule has 1 unspecified atom stereocenters. The van der Waals surface area contributed by atoms with E-state index in [0.29, 0.717) is 5.92 Å². The van der Waals surface area contributed by atoms with Crippen molar-refractivity contribution in [3.63, 3.8) is 0 Å². The predicted octanol–water partition coefficient (Wildman–Crippen LogP) is 5.48. The van der Waals surface area contributed by atoms with Crippen molar-refractivity contribution in [3.8, 4) is 0 Å². The molecule has 0 N–H and O–H groups in total. The van der Waals surface area contributed by atoms with Gasteiger partial charge in [0.15, 0.2) is 0 Å². The molecule has 1 heterocycles. The Morgan fingerprint density at radius 1 is 1.00 bits per heavy atom. The molecule has 0 fully saturated rings. The zero-order valence-electron chi connectivity index (χ0n) is 10.4. The first-order valence-electron chi connectivity index (χ1n) is 5.80. The van der Waals surface area contributed by atoms with Crippen LogP contribution >= 0.6 is 11.3 Å². The molecule has 0 spiro atoms. The molecule has 1 aromatic heterocycles. The maximum absolute atomic E-state index is 2.23. The third kappa shape index (κ3) is 4.48. The summed E-state index contributed by atoms with van der Waals surface area (Å²) in [5.74, 6) is 0.578. The molecule has 1 aromatic rings. The standard InChI is InChI=1S/C10H10S.2C2H6/c1-8-2-4-9-6-7-11-10(9)5-3-8;2*1-2/h2-8H,1H3;2*1-2H3. The summed E-state index contributed by atoms with van der Waals surface area (Å²) >= 11 is 1.80. The third-order valence-electron chi connectivity index (χ3n) is 1.86. The highest BCUT2D eigenvalue weighted by Gasteiger charge is 2.01. The van der Waals surface area contributed by atoms with Gasteiger partial charge in [0, 0.05) is 4.88 Å². The zero-order chi connectivity index (χ0) is 11.7. The van der Waals surface area contributed by atoms with Gasteiger partial charge in [-0.2, -0.15) is 0 Å². The van der Waals surface area contributed by atoms with Crippen molar-refractivity contribution in [2.24, 2.45) is 5.92 Å². The lowest BCUT2D eigenvalue weighted by atomic mass is 10.1. The average Bonchev–Trinajstić information content (AvgIpc) is 2.70. The molecule has 0 bridgehead atoms. The fourth-order valence-electron chi connectivity index (χ4n) is 1.16. The molecule has 0 amide bonds. The van der Waals surface area contributed by atoms with Crippen LogP contribution in [0.25, 0.3) is 12.2 Å². The summed E-state index contributed by atoms with van der Waals surface area (Å²) in [5.41, 5.74) is 1.36. The fourth-order valence-corrected chi connectivity index (χ4v) is 1.95. The Labute approximate surface area is 98.3 Å². The highest BCUT2D eigenvalue weighted by molar-refractivity contribution is 7.11.